The van der Waals surface area contributed by atoms with Crippen molar-refractivity contribution in [1.82, 2.24) is 0 Å². The fraction of sp³-hybridized carbons (Fsp3) is 0.556. The predicted octanol–water partition coefficient (Wildman–Crippen LogP) is 4.29. The van der Waals surface area contributed by atoms with Crippen molar-refractivity contribution in [3.05, 3.63) is 23.3 Å². The molecule has 0 unspecified atom stereocenters. The molecule has 29 heavy (non-hydrogen) atoms. The van der Waals surface area contributed by atoms with E-state index in [1.165, 1.54) is 12.1 Å². The molecule has 11 heteroatoms. The van der Waals surface area contributed by atoms with Gasteiger partial charge in [0.1, 0.15) is 11.3 Å². The third-order valence-corrected chi connectivity index (χ3v) is 6.70. The molecular weight excluding hydrogens is 445 g/mol. The third-order valence-electron chi connectivity index (χ3n) is 3.15. The predicted molar refractivity (Wildman–Crippen MR) is 121 cm³/mol. The van der Waals surface area contributed by atoms with Gasteiger partial charge in [0.25, 0.3) is 0 Å². The number of sulfone groups is 1. The van der Waals surface area contributed by atoms with Crippen molar-refractivity contribution in [2.45, 2.75) is 63.8 Å². The molecule has 164 valence electrons. The Balaban J connectivity index is 3.88. The van der Waals surface area contributed by atoms with E-state index in [0.717, 1.165) is 6.26 Å². The molecule has 0 radical (unpaired) electrons. The van der Waals surface area contributed by atoms with Gasteiger partial charge in [-0.15, -0.1) is 0 Å². The second-order valence-corrected chi connectivity index (χ2v) is 25.1. The van der Waals surface area contributed by atoms with Gasteiger partial charge in [-0.05, 0) is 71.1 Å². The number of hydrogen-bond donors (Lipinski definition) is 0. The van der Waals surface area contributed by atoms with Gasteiger partial charge in [0, 0.05) is 6.26 Å². The Labute approximate surface area is 177 Å². The first-order valence-electron chi connectivity index (χ1n) is 9.24. The van der Waals surface area contributed by atoms with Crippen LogP contribution in [0.15, 0.2) is 17.0 Å². The summed E-state index contributed by atoms with van der Waals surface area (Å²) in [5.41, 5.74) is -0.202. The monoisotopic (exact) mass is 476 g/mol. The first-order chi connectivity index (χ1) is 12.7. The molecule has 7 nitrogen and oxygen atoms in total. The average molecular weight is 477 g/mol. The van der Waals surface area contributed by atoms with Crippen LogP contribution in [0.3, 0.4) is 0 Å². The minimum atomic E-state index is -3.78. The second kappa shape index (κ2) is 8.36. The van der Waals surface area contributed by atoms with E-state index in [0.29, 0.717) is 0 Å². The molecule has 0 atom stereocenters. The van der Waals surface area contributed by atoms with Gasteiger partial charge in [0.2, 0.25) is 25.0 Å². The van der Waals surface area contributed by atoms with Crippen LogP contribution in [0.1, 0.15) is 20.7 Å². The number of benzene rings is 1. The summed E-state index contributed by atoms with van der Waals surface area (Å²) in [6.07, 6.45) is 1.01. The summed E-state index contributed by atoms with van der Waals surface area (Å²) in [5.74, 6) is -1.52. The number of hydrogen-bond acceptors (Lipinski definition) is 7. The van der Waals surface area contributed by atoms with E-state index in [9.17, 15) is 18.0 Å². The highest BCUT2D eigenvalue weighted by atomic mass is 32.2. The van der Waals surface area contributed by atoms with Crippen molar-refractivity contribution in [1.29, 1.82) is 0 Å². The Hall–Kier alpha value is -1.44. The Morgan fingerprint density at radius 1 is 0.759 bits per heavy atom. The lowest BCUT2D eigenvalue weighted by atomic mass is 10.1. The molecule has 0 aliphatic heterocycles. The molecule has 0 saturated carbocycles. The summed E-state index contributed by atoms with van der Waals surface area (Å²) in [7, 11) is -10.7. The zero-order chi connectivity index (χ0) is 23.0. The maximum atomic E-state index is 13.0. The molecule has 1 aromatic carbocycles. The standard InChI is InChI=1S/C18H32O7SSi3/c1-26(21,22)14-12-11-13(17(19)24-28(5,6)7)16(23-27(2,3)4)15(14)18(20)25-29(8,9)10/h11-12H,1-10H3. The van der Waals surface area contributed by atoms with E-state index < -0.39 is 46.7 Å². The lowest BCUT2D eigenvalue weighted by Crippen LogP contribution is -2.35. The maximum Gasteiger partial charge on any atom is 0.329 e. The molecule has 0 aliphatic carbocycles. The molecule has 0 aliphatic rings. The van der Waals surface area contributed by atoms with Crippen molar-refractivity contribution in [3.63, 3.8) is 0 Å². The zero-order valence-corrected chi connectivity index (χ0v) is 22.7. The van der Waals surface area contributed by atoms with E-state index in [4.69, 9.17) is 13.3 Å². The molecule has 0 spiro atoms. The van der Waals surface area contributed by atoms with Gasteiger partial charge in [0.05, 0.1) is 10.5 Å². The van der Waals surface area contributed by atoms with Gasteiger partial charge in [-0.3, -0.25) is 0 Å². The summed E-state index contributed by atoms with van der Waals surface area (Å²) in [5, 5.41) is 0. The summed E-state index contributed by atoms with van der Waals surface area (Å²) < 4.78 is 42.0. The molecule has 0 N–H and O–H groups in total. The lowest BCUT2D eigenvalue weighted by Gasteiger charge is -2.27. The zero-order valence-electron chi connectivity index (χ0n) is 18.9. The van der Waals surface area contributed by atoms with Crippen LogP contribution < -0.4 is 4.43 Å². The topological polar surface area (TPSA) is 96.0 Å². The fourth-order valence-corrected chi connectivity index (χ4v) is 5.31. The summed E-state index contributed by atoms with van der Waals surface area (Å²) in [6, 6.07) is 2.59. The van der Waals surface area contributed by atoms with Crippen molar-refractivity contribution in [3.8, 4) is 5.75 Å². The number of carbonyl (C=O) groups excluding carboxylic acids is 2. The molecule has 0 saturated heterocycles. The highest BCUT2D eigenvalue weighted by Gasteiger charge is 2.35. The smallest absolute Gasteiger partial charge is 0.329 e. The largest absolute Gasteiger partial charge is 0.543 e. The summed E-state index contributed by atoms with van der Waals surface area (Å²) >= 11 is 0. The maximum absolute atomic E-state index is 13.0. The van der Waals surface area contributed by atoms with Gasteiger partial charge in [0.15, 0.2) is 9.84 Å². The quantitative estimate of drug-likeness (QED) is 0.542. The number of rotatable bonds is 7. The van der Waals surface area contributed by atoms with Crippen molar-refractivity contribution in [2.75, 3.05) is 6.26 Å². The fourth-order valence-electron chi connectivity index (χ4n) is 2.30. The van der Waals surface area contributed by atoms with Crippen LogP contribution >= 0.6 is 0 Å². The molecule has 0 bridgehead atoms. The van der Waals surface area contributed by atoms with E-state index in [1.54, 1.807) is 0 Å². The first kappa shape index (κ1) is 25.6. The van der Waals surface area contributed by atoms with Gasteiger partial charge in [-0.2, -0.15) is 0 Å². The van der Waals surface area contributed by atoms with Crippen LogP contribution in [0.2, 0.25) is 58.9 Å². The van der Waals surface area contributed by atoms with Gasteiger partial charge >= 0.3 is 11.9 Å². The van der Waals surface area contributed by atoms with E-state index in [1.807, 2.05) is 58.9 Å². The highest BCUT2D eigenvalue weighted by molar-refractivity contribution is 7.90. The van der Waals surface area contributed by atoms with E-state index >= 15 is 0 Å². The Bertz CT molecular complexity index is 905. The van der Waals surface area contributed by atoms with Crippen LogP contribution in [0.5, 0.6) is 5.75 Å². The molecule has 0 aromatic heterocycles. The van der Waals surface area contributed by atoms with Crippen LogP contribution in [0, 0.1) is 0 Å². The molecule has 1 aromatic rings. The Morgan fingerprint density at radius 2 is 1.21 bits per heavy atom. The van der Waals surface area contributed by atoms with Crippen molar-refractivity contribution in [2.24, 2.45) is 0 Å². The third kappa shape index (κ3) is 8.07. The van der Waals surface area contributed by atoms with Gasteiger partial charge in [-0.1, -0.05) is 0 Å². The Kier molecular flexibility index (Phi) is 7.38. The van der Waals surface area contributed by atoms with Crippen molar-refractivity contribution >= 4 is 46.7 Å². The molecule has 1 rings (SSSR count). The van der Waals surface area contributed by atoms with E-state index in [2.05, 4.69) is 0 Å². The van der Waals surface area contributed by atoms with Crippen molar-refractivity contribution < 1.29 is 31.3 Å². The normalized spacial score (nSPS) is 13.0. The second-order valence-electron chi connectivity index (χ2n) is 9.81. The minimum Gasteiger partial charge on any atom is -0.543 e. The highest BCUT2D eigenvalue weighted by Crippen LogP contribution is 2.34. The minimum absolute atomic E-state index is 0.0322. The van der Waals surface area contributed by atoms with Crippen LogP contribution in [-0.4, -0.2) is 51.6 Å². The van der Waals surface area contributed by atoms with Crippen LogP contribution in [0.25, 0.3) is 0 Å². The summed E-state index contributed by atoms with van der Waals surface area (Å²) in [4.78, 5) is 25.7. The SMILES string of the molecule is C[Si](C)(C)OC(=O)c1ccc(S(C)(=O)=O)c(C(=O)O[Si](C)(C)C)c1O[Si](C)(C)C. The van der Waals surface area contributed by atoms with Crippen LogP contribution in [0.4, 0.5) is 0 Å². The van der Waals surface area contributed by atoms with Crippen LogP contribution in [-0.2, 0) is 18.7 Å². The van der Waals surface area contributed by atoms with E-state index in [-0.39, 0.29) is 21.8 Å². The molecule has 0 fully saturated rings. The van der Waals surface area contributed by atoms with Gasteiger partial charge in [-0.25, -0.2) is 18.0 Å². The number of carbonyl (C=O) groups is 2. The van der Waals surface area contributed by atoms with Gasteiger partial charge < -0.3 is 13.3 Å². The molecular formula is C18H32O7SSi3. The molecule has 0 amide bonds. The average Bonchev–Trinajstić information content (AvgIpc) is 2.39. The lowest BCUT2D eigenvalue weighted by molar-refractivity contribution is 0.0717. The summed E-state index contributed by atoms with van der Waals surface area (Å²) in [6.45, 7) is 16.6. The Morgan fingerprint density at radius 3 is 1.59 bits per heavy atom. The molecule has 0 heterocycles. The first-order valence-corrected chi connectivity index (χ1v) is 21.4.